The standard InChI is InChI=1S/C31H34N4O5/c1-21(36)34-26-17-23(10-11-27(26)39-2)29(37)33-19-24-18-31(20-40-24)12-15-35(16-13-31)30(38)28-25(9-6-14-32-28)22-7-4-3-5-8-22/h3-11,14,17,24H,12-13,15-16,18-20H2,1-2H3,(H,33,37)(H,34,36). The molecule has 2 aromatic carbocycles. The highest BCUT2D eigenvalue weighted by molar-refractivity contribution is 5.99. The van der Waals surface area contributed by atoms with Crippen molar-refractivity contribution in [3.05, 3.63) is 78.1 Å². The monoisotopic (exact) mass is 542 g/mol. The van der Waals surface area contributed by atoms with Gasteiger partial charge in [0.05, 0.1) is 25.5 Å². The number of methoxy groups -OCH3 is 1. The van der Waals surface area contributed by atoms with E-state index in [0.717, 1.165) is 30.4 Å². The summed E-state index contributed by atoms with van der Waals surface area (Å²) in [5, 5.41) is 5.65. The fraction of sp³-hybridized carbons (Fsp3) is 0.355. The van der Waals surface area contributed by atoms with Gasteiger partial charge in [0.1, 0.15) is 11.4 Å². The molecule has 0 bridgehead atoms. The van der Waals surface area contributed by atoms with Crippen LogP contribution in [0.15, 0.2) is 66.9 Å². The normalized spacial score (nSPS) is 17.9. The average molecular weight is 543 g/mol. The molecule has 0 saturated carbocycles. The maximum absolute atomic E-state index is 13.5. The highest BCUT2D eigenvalue weighted by atomic mass is 16.5. The number of carbonyl (C=O) groups is 3. The minimum absolute atomic E-state index is 0.00274. The highest BCUT2D eigenvalue weighted by Crippen LogP contribution is 2.42. The van der Waals surface area contributed by atoms with Crippen LogP contribution in [0.1, 0.15) is 47.0 Å². The Labute approximate surface area is 233 Å². The van der Waals surface area contributed by atoms with E-state index in [9.17, 15) is 14.4 Å². The SMILES string of the molecule is COc1ccc(C(=O)NCC2CC3(CCN(C(=O)c4ncccc4-c4ccccc4)CC3)CO2)cc1NC(C)=O. The predicted molar refractivity (Wildman–Crippen MR) is 151 cm³/mol. The van der Waals surface area contributed by atoms with Crippen LogP contribution in [0.5, 0.6) is 5.75 Å². The number of pyridine rings is 1. The first-order valence-corrected chi connectivity index (χ1v) is 13.5. The van der Waals surface area contributed by atoms with Crippen molar-refractivity contribution < 1.29 is 23.9 Å². The fourth-order valence-corrected chi connectivity index (χ4v) is 5.58. The van der Waals surface area contributed by atoms with E-state index in [1.165, 1.54) is 14.0 Å². The zero-order chi connectivity index (χ0) is 28.1. The number of hydrogen-bond acceptors (Lipinski definition) is 6. The van der Waals surface area contributed by atoms with Crippen molar-refractivity contribution in [3.63, 3.8) is 0 Å². The Kier molecular flexibility index (Phi) is 8.11. The Morgan fingerprint density at radius 2 is 1.85 bits per heavy atom. The lowest BCUT2D eigenvalue weighted by Crippen LogP contribution is -2.44. The molecular formula is C31H34N4O5. The van der Waals surface area contributed by atoms with Crippen molar-refractivity contribution in [1.82, 2.24) is 15.2 Å². The summed E-state index contributed by atoms with van der Waals surface area (Å²) in [5.41, 5.74) is 3.16. The summed E-state index contributed by atoms with van der Waals surface area (Å²) in [6.07, 6.45) is 4.08. The summed E-state index contributed by atoms with van der Waals surface area (Å²) < 4.78 is 11.4. The van der Waals surface area contributed by atoms with Crippen LogP contribution in [0.2, 0.25) is 0 Å². The molecule has 0 aliphatic carbocycles. The minimum Gasteiger partial charge on any atom is -0.495 e. The number of piperidine rings is 1. The number of likely N-dealkylation sites (tertiary alicyclic amines) is 1. The van der Waals surface area contributed by atoms with Crippen LogP contribution in [0.25, 0.3) is 11.1 Å². The van der Waals surface area contributed by atoms with Crippen molar-refractivity contribution in [1.29, 1.82) is 0 Å². The van der Waals surface area contributed by atoms with Gasteiger partial charge in [0.25, 0.3) is 11.8 Å². The van der Waals surface area contributed by atoms with E-state index in [0.29, 0.717) is 48.9 Å². The Morgan fingerprint density at radius 3 is 2.58 bits per heavy atom. The smallest absolute Gasteiger partial charge is 0.273 e. The van der Waals surface area contributed by atoms with Gasteiger partial charge in [-0.2, -0.15) is 0 Å². The molecule has 3 aromatic rings. The van der Waals surface area contributed by atoms with Crippen LogP contribution < -0.4 is 15.4 Å². The molecule has 1 aromatic heterocycles. The van der Waals surface area contributed by atoms with E-state index >= 15 is 0 Å². The number of carbonyl (C=O) groups excluding carboxylic acids is 3. The maximum Gasteiger partial charge on any atom is 0.273 e. The predicted octanol–water partition coefficient (Wildman–Crippen LogP) is 4.16. The molecule has 208 valence electrons. The average Bonchev–Trinajstić information content (AvgIpc) is 3.38. The van der Waals surface area contributed by atoms with Crippen molar-refractivity contribution in [2.24, 2.45) is 5.41 Å². The van der Waals surface area contributed by atoms with Gasteiger partial charge >= 0.3 is 0 Å². The second-order valence-electron chi connectivity index (χ2n) is 10.5. The van der Waals surface area contributed by atoms with Gasteiger partial charge in [-0.3, -0.25) is 19.4 Å². The van der Waals surface area contributed by atoms with E-state index < -0.39 is 0 Å². The van der Waals surface area contributed by atoms with Crippen LogP contribution >= 0.6 is 0 Å². The molecule has 2 aliphatic rings. The van der Waals surface area contributed by atoms with Gasteiger partial charge < -0.3 is 25.0 Å². The molecule has 5 rings (SSSR count). The molecule has 1 spiro atoms. The molecule has 40 heavy (non-hydrogen) atoms. The number of nitrogens with one attached hydrogen (secondary N) is 2. The number of amides is 3. The Hall–Kier alpha value is -4.24. The molecule has 3 amide bonds. The maximum atomic E-state index is 13.5. The van der Waals surface area contributed by atoms with Gasteiger partial charge in [-0.05, 0) is 54.5 Å². The second-order valence-corrected chi connectivity index (χ2v) is 10.5. The van der Waals surface area contributed by atoms with Gasteiger partial charge in [-0.25, -0.2) is 0 Å². The minimum atomic E-state index is -0.246. The zero-order valence-corrected chi connectivity index (χ0v) is 22.8. The first-order chi connectivity index (χ1) is 19.4. The summed E-state index contributed by atoms with van der Waals surface area (Å²) in [5.74, 6) is -0.0548. The number of nitrogens with zero attached hydrogens (tertiary/aromatic N) is 2. The number of anilines is 1. The third-order valence-electron chi connectivity index (χ3n) is 7.75. The molecule has 2 saturated heterocycles. The van der Waals surface area contributed by atoms with Gasteiger partial charge in [0, 0.05) is 43.9 Å². The summed E-state index contributed by atoms with van der Waals surface area (Å²) >= 11 is 0. The zero-order valence-electron chi connectivity index (χ0n) is 22.8. The molecule has 2 aliphatic heterocycles. The van der Waals surface area contributed by atoms with Crippen LogP contribution in [0, 0.1) is 5.41 Å². The number of hydrogen-bond donors (Lipinski definition) is 2. The number of benzene rings is 2. The second kappa shape index (κ2) is 11.9. The van der Waals surface area contributed by atoms with Gasteiger partial charge in [0.2, 0.25) is 5.91 Å². The van der Waals surface area contributed by atoms with E-state index in [2.05, 4.69) is 15.6 Å². The molecule has 2 N–H and O–H groups in total. The van der Waals surface area contributed by atoms with Crippen molar-refractivity contribution in [3.8, 4) is 16.9 Å². The molecule has 0 radical (unpaired) electrons. The Balaban J connectivity index is 1.15. The highest BCUT2D eigenvalue weighted by Gasteiger charge is 2.43. The van der Waals surface area contributed by atoms with E-state index in [1.54, 1.807) is 24.4 Å². The van der Waals surface area contributed by atoms with Gasteiger partial charge in [-0.15, -0.1) is 0 Å². The third-order valence-corrected chi connectivity index (χ3v) is 7.75. The van der Waals surface area contributed by atoms with Crippen molar-refractivity contribution in [2.75, 3.05) is 38.7 Å². The quantitative estimate of drug-likeness (QED) is 0.464. The summed E-state index contributed by atoms with van der Waals surface area (Å²) in [4.78, 5) is 44.1. The lowest BCUT2D eigenvalue weighted by Gasteiger charge is -2.38. The Bertz CT molecular complexity index is 1390. The lowest BCUT2D eigenvalue weighted by molar-refractivity contribution is -0.114. The van der Waals surface area contributed by atoms with E-state index in [1.807, 2.05) is 47.4 Å². The molecule has 9 nitrogen and oxygen atoms in total. The number of ether oxygens (including phenoxy) is 2. The van der Waals surface area contributed by atoms with Crippen LogP contribution in [0.3, 0.4) is 0 Å². The molecule has 2 fully saturated rings. The first kappa shape index (κ1) is 27.3. The molecule has 1 unspecified atom stereocenters. The van der Waals surface area contributed by atoms with Crippen molar-refractivity contribution in [2.45, 2.75) is 32.3 Å². The molecule has 9 heteroatoms. The topological polar surface area (TPSA) is 110 Å². The Morgan fingerprint density at radius 1 is 1.07 bits per heavy atom. The van der Waals surface area contributed by atoms with Crippen LogP contribution in [0.4, 0.5) is 5.69 Å². The number of aromatic nitrogens is 1. The third kappa shape index (κ3) is 5.99. The van der Waals surface area contributed by atoms with Crippen LogP contribution in [-0.2, 0) is 9.53 Å². The van der Waals surface area contributed by atoms with Gasteiger partial charge in [-0.1, -0.05) is 36.4 Å². The molecule has 1 atom stereocenters. The number of rotatable bonds is 7. The van der Waals surface area contributed by atoms with E-state index in [4.69, 9.17) is 9.47 Å². The molecule has 3 heterocycles. The van der Waals surface area contributed by atoms with E-state index in [-0.39, 0.29) is 29.2 Å². The van der Waals surface area contributed by atoms with Crippen molar-refractivity contribution >= 4 is 23.4 Å². The molecular weight excluding hydrogens is 508 g/mol. The lowest BCUT2D eigenvalue weighted by atomic mass is 9.76. The largest absolute Gasteiger partial charge is 0.495 e. The summed E-state index contributed by atoms with van der Waals surface area (Å²) in [6, 6.07) is 18.6. The fourth-order valence-electron chi connectivity index (χ4n) is 5.58. The summed E-state index contributed by atoms with van der Waals surface area (Å²) in [7, 11) is 1.51. The summed E-state index contributed by atoms with van der Waals surface area (Å²) in [6.45, 7) is 3.69. The first-order valence-electron chi connectivity index (χ1n) is 13.5. The van der Waals surface area contributed by atoms with Crippen LogP contribution in [-0.4, -0.2) is 67.1 Å². The van der Waals surface area contributed by atoms with Gasteiger partial charge in [0.15, 0.2) is 0 Å².